The standard InChI is InChI=1S/C14H24ClN3O2/c1-10(2)16-14(4,13(19)20-5)7-6-8-18-9-12(15)11(3)17-18/h9-10,16H,6-8H2,1-5H3. The summed E-state index contributed by atoms with van der Waals surface area (Å²) in [6, 6.07) is 0.209. The van der Waals surface area contributed by atoms with Crippen molar-refractivity contribution in [3.05, 3.63) is 16.9 Å². The number of methoxy groups -OCH3 is 1. The molecule has 0 saturated heterocycles. The first-order valence-corrected chi connectivity index (χ1v) is 7.22. The van der Waals surface area contributed by atoms with Crippen LogP contribution in [0.2, 0.25) is 5.02 Å². The SMILES string of the molecule is COC(=O)C(C)(CCCn1cc(Cl)c(C)n1)NC(C)C. The average Bonchev–Trinajstić information content (AvgIpc) is 2.66. The first-order chi connectivity index (χ1) is 9.28. The van der Waals surface area contributed by atoms with Gasteiger partial charge in [0.05, 0.1) is 17.8 Å². The number of carbonyl (C=O) groups is 1. The molecule has 5 nitrogen and oxygen atoms in total. The molecule has 1 N–H and O–H groups in total. The van der Waals surface area contributed by atoms with Crippen molar-refractivity contribution in [2.75, 3.05) is 7.11 Å². The van der Waals surface area contributed by atoms with Gasteiger partial charge in [-0.1, -0.05) is 11.6 Å². The van der Waals surface area contributed by atoms with Crippen molar-refractivity contribution in [2.45, 2.75) is 58.7 Å². The third-order valence-electron chi connectivity index (χ3n) is 3.19. The van der Waals surface area contributed by atoms with Gasteiger partial charge in [-0.3, -0.25) is 14.8 Å². The minimum Gasteiger partial charge on any atom is -0.468 e. The Labute approximate surface area is 125 Å². The molecule has 6 heteroatoms. The zero-order valence-electron chi connectivity index (χ0n) is 12.9. The molecule has 0 bridgehead atoms. The Kier molecular flexibility index (Phi) is 6.02. The van der Waals surface area contributed by atoms with E-state index in [9.17, 15) is 4.79 Å². The highest BCUT2D eigenvalue weighted by atomic mass is 35.5. The zero-order chi connectivity index (χ0) is 15.3. The van der Waals surface area contributed by atoms with Gasteiger partial charge < -0.3 is 4.74 Å². The second-order valence-electron chi connectivity index (χ2n) is 5.55. The van der Waals surface area contributed by atoms with Crippen LogP contribution in [-0.4, -0.2) is 34.4 Å². The molecule has 1 atom stereocenters. The Morgan fingerprint density at radius 1 is 1.60 bits per heavy atom. The molecular weight excluding hydrogens is 278 g/mol. The fraction of sp³-hybridized carbons (Fsp3) is 0.714. The van der Waals surface area contributed by atoms with Crippen LogP contribution in [0.5, 0.6) is 0 Å². The van der Waals surface area contributed by atoms with Gasteiger partial charge in [0.1, 0.15) is 5.54 Å². The van der Waals surface area contributed by atoms with Crippen molar-refractivity contribution in [1.29, 1.82) is 0 Å². The van der Waals surface area contributed by atoms with Crippen LogP contribution in [0.1, 0.15) is 39.3 Å². The number of hydrogen-bond donors (Lipinski definition) is 1. The first kappa shape index (κ1) is 17.0. The predicted octanol–water partition coefficient (Wildman–Crippen LogP) is 2.55. The minimum atomic E-state index is -0.672. The molecule has 1 rings (SSSR count). The number of esters is 1. The Morgan fingerprint density at radius 3 is 2.70 bits per heavy atom. The molecule has 0 spiro atoms. The van der Waals surface area contributed by atoms with Crippen molar-refractivity contribution in [2.24, 2.45) is 0 Å². The van der Waals surface area contributed by atoms with Crippen LogP contribution in [0.15, 0.2) is 6.20 Å². The van der Waals surface area contributed by atoms with Crippen LogP contribution in [0, 0.1) is 6.92 Å². The summed E-state index contributed by atoms with van der Waals surface area (Å²) < 4.78 is 6.71. The fourth-order valence-electron chi connectivity index (χ4n) is 2.30. The van der Waals surface area contributed by atoms with Gasteiger partial charge in [-0.15, -0.1) is 0 Å². The molecule has 1 aromatic heterocycles. The Morgan fingerprint density at radius 2 is 2.25 bits per heavy atom. The van der Waals surface area contributed by atoms with Crippen LogP contribution < -0.4 is 5.32 Å². The van der Waals surface area contributed by atoms with E-state index in [0.717, 1.165) is 18.7 Å². The van der Waals surface area contributed by atoms with Crippen LogP contribution in [0.25, 0.3) is 0 Å². The van der Waals surface area contributed by atoms with Crippen LogP contribution in [0.3, 0.4) is 0 Å². The summed E-state index contributed by atoms with van der Waals surface area (Å²) in [5.41, 5.74) is 0.150. The van der Waals surface area contributed by atoms with Crippen LogP contribution in [-0.2, 0) is 16.1 Å². The van der Waals surface area contributed by atoms with Gasteiger partial charge in [-0.25, -0.2) is 0 Å². The van der Waals surface area contributed by atoms with E-state index in [1.807, 2.05) is 38.6 Å². The number of aromatic nitrogens is 2. The van der Waals surface area contributed by atoms with Crippen molar-refractivity contribution in [3.63, 3.8) is 0 Å². The number of rotatable bonds is 7. The van der Waals surface area contributed by atoms with Gasteiger partial charge in [0.25, 0.3) is 0 Å². The number of carbonyl (C=O) groups excluding carboxylic acids is 1. The van der Waals surface area contributed by atoms with E-state index in [0.29, 0.717) is 11.4 Å². The maximum absolute atomic E-state index is 11.9. The van der Waals surface area contributed by atoms with Gasteiger partial charge >= 0.3 is 5.97 Å². The van der Waals surface area contributed by atoms with E-state index in [-0.39, 0.29) is 12.0 Å². The minimum absolute atomic E-state index is 0.209. The summed E-state index contributed by atoms with van der Waals surface area (Å²) in [5, 5.41) is 8.25. The third kappa shape index (κ3) is 4.49. The second-order valence-corrected chi connectivity index (χ2v) is 5.96. The Bertz CT molecular complexity index is 440. The highest BCUT2D eigenvalue weighted by molar-refractivity contribution is 6.31. The molecule has 20 heavy (non-hydrogen) atoms. The largest absolute Gasteiger partial charge is 0.468 e. The lowest BCUT2D eigenvalue weighted by atomic mass is 9.95. The summed E-state index contributed by atoms with van der Waals surface area (Å²) in [7, 11) is 1.42. The highest BCUT2D eigenvalue weighted by Crippen LogP contribution is 2.18. The molecule has 0 saturated carbocycles. The predicted molar refractivity (Wildman–Crippen MR) is 79.9 cm³/mol. The summed E-state index contributed by atoms with van der Waals surface area (Å²) >= 11 is 5.97. The normalized spacial score (nSPS) is 14.3. The van der Waals surface area contributed by atoms with Crippen molar-refractivity contribution in [1.82, 2.24) is 15.1 Å². The van der Waals surface area contributed by atoms with E-state index >= 15 is 0 Å². The van der Waals surface area contributed by atoms with Gasteiger partial charge in [-0.2, -0.15) is 5.10 Å². The molecule has 1 heterocycles. The van der Waals surface area contributed by atoms with Crippen molar-refractivity contribution < 1.29 is 9.53 Å². The van der Waals surface area contributed by atoms with Gasteiger partial charge in [-0.05, 0) is 40.5 Å². The highest BCUT2D eigenvalue weighted by Gasteiger charge is 2.34. The molecular formula is C14H24ClN3O2. The Hall–Kier alpha value is -1.07. The van der Waals surface area contributed by atoms with Gasteiger partial charge in [0.15, 0.2) is 0 Å². The molecule has 0 amide bonds. The summed E-state index contributed by atoms with van der Waals surface area (Å²) in [4.78, 5) is 11.9. The number of aryl methyl sites for hydroxylation is 2. The van der Waals surface area contributed by atoms with Crippen molar-refractivity contribution in [3.8, 4) is 0 Å². The zero-order valence-corrected chi connectivity index (χ0v) is 13.6. The summed E-state index contributed by atoms with van der Waals surface area (Å²) in [6.07, 6.45) is 3.29. The van der Waals surface area contributed by atoms with Crippen LogP contribution in [0.4, 0.5) is 0 Å². The number of nitrogens with zero attached hydrogens (tertiary/aromatic N) is 2. The molecule has 114 valence electrons. The van der Waals surface area contributed by atoms with E-state index in [1.54, 1.807) is 0 Å². The lowest BCUT2D eigenvalue weighted by Crippen LogP contribution is -2.53. The molecule has 1 aromatic rings. The topological polar surface area (TPSA) is 56.2 Å². The second kappa shape index (κ2) is 7.09. The number of halogens is 1. The Balaban J connectivity index is 2.60. The maximum Gasteiger partial charge on any atom is 0.325 e. The van der Waals surface area contributed by atoms with Crippen molar-refractivity contribution >= 4 is 17.6 Å². The maximum atomic E-state index is 11.9. The van der Waals surface area contributed by atoms with E-state index < -0.39 is 5.54 Å². The fourth-order valence-corrected chi connectivity index (χ4v) is 2.45. The number of nitrogens with one attached hydrogen (secondary N) is 1. The monoisotopic (exact) mass is 301 g/mol. The molecule has 0 aliphatic rings. The summed E-state index contributed by atoms with van der Waals surface area (Å²) in [6.45, 7) is 8.49. The number of hydrogen-bond acceptors (Lipinski definition) is 4. The molecule has 0 fully saturated rings. The first-order valence-electron chi connectivity index (χ1n) is 6.84. The molecule has 0 aliphatic heterocycles. The average molecular weight is 302 g/mol. The summed E-state index contributed by atoms with van der Waals surface area (Å²) in [5.74, 6) is -0.235. The van der Waals surface area contributed by atoms with E-state index in [2.05, 4.69) is 10.4 Å². The molecule has 0 radical (unpaired) electrons. The van der Waals surface area contributed by atoms with E-state index in [4.69, 9.17) is 16.3 Å². The lowest BCUT2D eigenvalue weighted by molar-refractivity contribution is -0.148. The molecule has 0 aromatic carbocycles. The molecule has 1 unspecified atom stereocenters. The van der Waals surface area contributed by atoms with Gasteiger partial charge in [0, 0.05) is 18.8 Å². The smallest absolute Gasteiger partial charge is 0.325 e. The van der Waals surface area contributed by atoms with Crippen LogP contribution >= 0.6 is 11.6 Å². The van der Waals surface area contributed by atoms with E-state index in [1.165, 1.54) is 7.11 Å². The quantitative estimate of drug-likeness (QED) is 0.786. The molecule has 0 aliphatic carbocycles. The third-order valence-corrected chi connectivity index (χ3v) is 3.56. The number of ether oxygens (including phenoxy) is 1. The van der Waals surface area contributed by atoms with Gasteiger partial charge in [0.2, 0.25) is 0 Å². The lowest BCUT2D eigenvalue weighted by Gasteiger charge is -2.30.